The van der Waals surface area contributed by atoms with E-state index in [9.17, 15) is 0 Å². The van der Waals surface area contributed by atoms with Crippen LogP contribution in [0, 0.1) is 0 Å². The van der Waals surface area contributed by atoms with Crippen molar-refractivity contribution in [3.63, 3.8) is 0 Å². The molecule has 2 heteroatoms. The van der Waals surface area contributed by atoms with Crippen molar-refractivity contribution in [1.29, 1.82) is 0 Å². The van der Waals surface area contributed by atoms with Gasteiger partial charge in [-0.05, 0) is 19.3 Å². The zero-order valence-electron chi connectivity index (χ0n) is 15.1. The molecule has 2 nitrogen and oxygen atoms in total. The Labute approximate surface area is 125 Å². The summed E-state index contributed by atoms with van der Waals surface area (Å²) in [6.45, 7) is 20.5. The zero-order valence-corrected chi connectivity index (χ0v) is 15.1. The summed E-state index contributed by atoms with van der Waals surface area (Å²) in [4.78, 5) is 8.72. The van der Waals surface area contributed by atoms with E-state index in [4.69, 9.17) is 4.98 Å². The number of rotatable bonds is 5. The molecule has 0 aromatic carbocycles. The maximum Gasteiger partial charge on any atom is 0.112 e. The van der Waals surface area contributed by atoms with Gasteiger partial charge in [-0.15, -0.1) is 0 Å². The summed E-state index contributed by atoms with van der Waals surface area (Å²) in [7, 11) is 0. The molecule has 0 amide bonds. The van der Waals surface area contributed by atoms with E-state index >= 15 is 0 Å². The van der Waals surface area contributed by atoms with Gasteiger partial charge in [0, 0.05) is 21.9 Å². The maximum absolute atomic E-state index is 5.03. The van der Waals surface area contributed by atoms with Crippen molar-refractivity contribution in [3.05, 3.63) is 17.2 Å². The van der Waals surface area contributed by atoms with Gasteiger partial charge in [-0.1, -0.05) is 62.3 Å². The second-order valence-corrected chi connectivity index (χ2v) is 8.06. The number of aromatic nitrogens is 2. The smallest absolute Gasteiger partial charge is 0.112 e. The first-order valence-electron chi connectivity index (χ1n) is 8.13. The standard InChI is InChI=1S/C18H34N2/c1-10-17(7,8)13-14(18(9,11-2)12-3)20-15(19-13)16(4,5)6/h10-12H2,1-9H3,(H,19,20). The summed E-state index contributed by atoms with van der Waals surface area (Å²) in [5.74, 6) is 1.12. The Morgan fingerprint density at radius 1 is 0.850 bits per heavy atom. The van der Waals surface area contributed by atoms with Gasteiger partial charge in [0.2, 0.25) is 0 Å². The molecule has 0 aliphatic heterocycles. The molecule has 116 valence electrons. The third kappa shape index (κ3) is 3.10. The van der Waals surface area contributed by atoms with Crippen molar-refractivity contribution in [3.8, 4) is 0 Å². The lowest BCUT2D eigenvalue weighted by Crippen LogP contribution is -2.27. The average Bonchev–Trinajstić information content (AvgIpc) is 2.84. The molecule has 0 fully saturated rings. The molecule has 0 saturated carbocycles. The van der Waals surface area contributed by atoms with Gasteiger partial charge in [-0.3, -0.25) is 0 Å². The first-order chi connectivity index (χ1) is 9.01. The first-order valence-corrected chi connectivity index (χ1v) is 8.13. The fraction of sp³-hybridized carbons (Fsp3) is 0.833. The van der Waals surface area contributed by atoms with Crippen LogP contribution < -0.4 is 0 Å². The number of nitrogens with one attached hydrogen (secondary N) is 1. The fourth-order valence-corrected chi connectivity index (χ4v) is 2.43. The van der Waals surface area contributed by atoms with Crippen LogP contribution in [-0.2, 0) is 16.2 Å². The average molecular weight is 278 g/mol. The van der Waals surface area contributed by atoms with E-state index < -0.39 is 0 Å². The summed E-state index contributed by atoms with van der Waals surface area (Å²) >= 11 is 0. The first kappa shape index (κ1) is 17.3. The van der Waals surface area contributed by atoms with Crippen LogP contribution in [0.4, 0.5) is 0 Å². The Kier molecular flexibility index (Phi) is 4.78. The van der Waals surface area contributed by atoms with Gasteiger partial charge in [0.15, 0.2) is 0 Å². The predicted molar refractivity (Wildman–Crippen MR) is 88.5 cm³/mol. The van der Waals surface area contributed by atoms with Gasteiger partial charge < -0.3 is 4.98 Å². The monoisotopic (exact) mass is 278 g/mol. The minimum absolute atomic E-state index is 0.0687. The van der Waals surface area contributed by atoms with Gasteiger partial charge in [-0.2, -0.15) is 0 Å². The molecule has 0 aliphatic carbocycles. The highest BCUT2D eigenvalue weighted by atomic mass is 15.0. The highest BCUT2D eigenvalue weighted by Crippen LogP contribution is 2.39. The van der Waals surface area contributed by atoms with Crippen LogP contribution in [0.5, 0.6) is 0 Å². The van der Waals surface area contributed by atoms with E-state index in [0.29, 0.717) is 0 Å². The van der Waals surface area contributed by atoms with Crippen LogP contribution in [0.15, 0.2) is 0 Å². The van der Waals surface area contributed by atoms with E-state index in [0.717, 1.165) is 25.1 Å². The summed E-state index contributed by atoms with van der Waals surface area (Å²) in [6, 6.07) is 0. The Balaban J connectivity index is 3.53. The molecule has 0 spiro atoms. The molecule has 1 heterocycles. The number of imidazole rings is 1. The summed E-state index contributed by atoms with van der Waals surface area (Å²) in [5, 5.41) is 0. The molecule has 1 aromatic rings. The highest BCUT2D eigenvalue weighted by Gasteiger charge is 2.36. The van der Waals surface area contributed by atoms with E-state index in [2.05, 4.69) is 67.3 Å². The van der Waals surface area contributed by atoms with Crippen LogP contribution in [0.3, 0.4) is 0 Å². The number of hydrogen-bond acceptors (Lipinski definition) is 1. The predicted octanol–water partition coefficient (Wildman–Crippen LogP) is 5.47. The second kappa shape index (κ2) is 5.54. The molecule has 1 aromatic heterocycles. The molecule has 0 bridgehead atoms. The van der Waals surface area contributed by atoms with Crippen molar-refractivity contribution < 1.29 is 0 Å². The van der Waals surface area contributed by atoms with E-state index in [1.807, 2.05) is 0 Å². The molecule has 0 radical (unpaired) electrons. The molecule has 1 N–H and O–H groups in total. The van der Waals surface area contributed by atoms with Crippen LogP contribution >= 0.6 is 0 Å². The van der Waals surface area contributed by atoms with E-state index in [-0.39, 0.29) is 16.2 Å². The van der Waals surface area contributed by atoms with Gasteiger partial charge in [-0.25, -0.2) is 4.98 Å². The quantitative estimate of drug-likeness (QED) is 0.760. The topological polar surface area (TPSA) is 28.7 Å². The van der Waals surface area contributed by atoms with Crippen molar-refractivity contribution in [2.75, 3.05) is 0 Å². The van der Waals surface area contributed by atoms with Crippen LogP contribution in [0.2, 0.25) is 0 Å². The lowest BCUT2D eigenvalue weighted by Gasteiger charge is -2.31. The molecule has 0 saturated heterocycles. The molecule has 1 rings (SSSR count). The lowest BCUT2D eigenvalue weighted by molar-refractivity contribution is 0.401. The van der Waals surface area contributed by atoms with Gasteiger partial charge in [0.25, 0.3) is 0 Å². The Hall–Kier alpha value is -0.790. The van der Waals surface area contributed by atoms with Crippen LogP contribution in [-0.4, -0.2) is 9.97 Å². The number of hydrogen-bond donors (Lipinski definition) is 1. The van der Waals surface area contributed by atoms with Crippen molar-refractivity contribution >= 4 is 0 Å². The van der Waals surface area contributed by atoms with Crippen molar-refractivity contribution in [1.82, 2.24) is 9.97 Å². The summed E-state index contributed by atoms with van der Waals surface area (Å²) in [5.41, 5.74) is 3.02. The Bertz CT molecular complexity index is 442. The van der Waals surface area contributed by atoms with Crippen molar-refractivity contribution in [2.45, 2.75) is 97.8 Å². The van der Waals surface area contributed by atoms with Crippen LogP contribution in [0.25, 0.3) is 0 Å². The number of aromatic amines is 1. The molecule has 0 atom stereocenters. The Morgan fingerprint density at radius 2 is 1.35 bits per heavy atom. The normalized spacial score (nSPS) is 13.8. The number of nitrogens with zero attached hydrogens (tertiary/aromatic N) is 1. The molecule has 0 aliphatic rings. The number of H-pyrrole nitrogens is 1. The SMILES string of the molecule is CCC(C)(C)c1nc(C(C)(C)C)[nH]c1C(C)(CC)CC. The highest BCUT2D eigenvalue weighted by molar-refractivity contribution is 5.31. The molecule has 20 heavy (non-hydrogen) atoms. The molecule has 0 unspecified atom stereocenters. The van der Waals surface area contributed by atoms with E-state index in [1.165, 1.54) is 11.4 Å². The minimum Gasteiger partial charge on any atom is -0.345 e. The fourth-order valence-electron chi connectivity index (χ4n) is 2.43. The minimum atomic E-state index is 0.0687. The molecular formula is C18H34N2. The summed E-state index contributed by atoms with van der Waals surface area (Å²) < 4.78 is 0. The Morgan fingerprint density at radius 3 is 1.70 bits per heavy atom. The third-order valence-electron chi connectivity index (χ3n) is 5.10. The van der Waals surface area contributed by atoms with Gasteiger partial charge in [0.1, 0.15) is 5.82 Å². The summed E-state index contributed by atoms with van der Waals surface area (Å²) in [6.07, 6.45) is 3.39. The molecular weight excluding hydrogens is 244 g/mol. The van der Waals surface area contributed by atoms with Gasteiger partial charge in [0.05, 0.1) is 5.69 Å². The largest absolute Gasteiger partial charge is 0.345 e. The maximum atomic E-state index is 5.03. The van der Waals surface area contributed by atoms with E-state index in [1.54, 1.807) is 0 Å². The van der Waals surface area contributed by atoms with Gasteiger partial charge >= 0.3 is 0 Å². The third-order valence-corrected chi connectivity index (χ3v) is 5.10. The second-order valence-electron chi connectivity index (χ2n) is 8.06. The lowest BCUT2D eigenvalue weighted by atomic mass is 9.75. The van der Waals surface area contributed by atoms with Crippen molar-refractivity contribution in [2.24, 2.45) is 0 Å². The van der Waals surface area contributed by atoms with Crippen LogP contribution in [0.1, 0.15) is 98.8 Å². The zero-order chi connectivity index (χ0) is 15.8.